The van der Waals surface area contributed by atoms with Gasteiger partial charge in [-0.15, -0.1) is 0 Å². The highest BCUT2D eigenvalue weighted by Gasteiger charge is 2.44. The number of fused-ring (bicyclic) bond motifs is 2. The molecule has 0 saturated carbocycles. The topological polar surface area (TPSA) is 175 Å². The number of cyclic esters (lactones) is 1. The van der Waals surface area contributed by atoms with Crippen LogP contribution in [-0.2, 0) is 44.7 Å². The molecule has 3 aliphatic rings. The van der Waals surface area contributed by atoms with E-state index in [2.05, 4.69) is 22.9 Å². The summed E-state index contributed by atoms with van der Waals surface area (Å²) in [4.78, 5) is 99.4. The molecule has 6 amide bonds. The number of nitrogens with zero attached hydrogens (tertiary/aromatic N) is 3. The van der Waals surface area contributed by atoms with Gasteiger partial charge < -0.3 is 35.4 Å². The minimum absolute atomic E-state index is 0.0406. The van der Waals surface area contributed by atoms with Crippen LogP contribution in [0.1, 0.15) is 78.2 Å². The van der Waals surface area contributed by atoms with E-state index < -0.39 is 78.4 Å². The highest BCUT2D eigenvalue weighted by atomic mass is 16.5. The molecule has 3 aliphatic heterocycles. The average molecular weight is 723 g/mol. The van der Waals surface area contributed by atoms with Gasteiger partial charge in [-0.2, -0.15) is 0 Å². The molecule has 1 aromatic carbocycles. The molecule has 3 fully saturated rings. The Kier molecular flexibility index (Phi) is 14.4. The molecular formula is C38H54N6O8. The Hall–Kier alpha value is -4.75. The van der Waals surface area contributed by atoms with Crippen LogP contribution in [0.25, 0.3) is 0 Å². The molecule has 3 saturated heterocycles. The van der Waals surface area contributed by atoms with Crippen molar-refractivity contribution in [1.82, 2.24) is 30.7 Å². The Morgan fingerprint density at radius 3 is 2.38 bits per heavy atom. The number of rotatable bonds is 10. The summed E-state index contributed by atoms with van der Waals surface area (Å²) in [6.45, 7) is 6.94. The molecular weight excluding hydrogens is 668 g/mol. The number of ether oxygens (including phenoxy) is 1. The van der Waals surface area contributed by atoms with Crippen LogP contribution in [0.3, 0.4) is 0 Å². The molecule has 7 atom stereocenters. The first-order valence-corrected chi connectivity index (χ1v) is 18.5. The number of unbranched alkanes of at least 4 members (excludes halogenated alkanes) is 1. The molecule has 0 radical (unpaired) electrons. The zero-order chi connectivity index (χ0) is 37.9. The van der Waals surface area contributed by atoms with E-state index in [1.54, 1.807) is 6.92 Å². The third kappa shape index (κ3) is 10.2. The molecule has 0 spiro atoms. The van der Waals surface area contributed by atoms with Crippen LogP contribution in [0.15, 0.2) is 42.5 Å². The Bertz CT molecular complexity index is 1500. The van der Waals surface area contributed by atoms with Gasteiger partial charge in [0.2, 0.25) is 35.4 Å². The molecule has 14 nitrogen and oxygen atoms in total. The van der Waals surface area contributed by atoms with Gasteiger partial charge in [-0.3, -0.25) is 28.8 Å². The number of hydrogen-bond donors (Lipinski definition) is 3. The van der Waals surface area contributed by atoms with Gasteiger partial charge in [0, 0.05) is 33.0 Å². The first-order chi connectivity index (χ1) is 24.8. The van der Waals surface area contributed by atoms with Gasteiger partial charge in [-0.1, -0.05) is 62.8 Å². The van der Waals surface area contributed by atoms with Crippen molar-refractivity contribution < 1.29 is 38.3 Å². The molecule has 14 heteroatoms. The van der Waals surface area contributed by atoms with Crippen molar-refractivity contribution in [3.8, 4) is 0 Å². The minimum atomic E-state index is -1.40. The van der Waals surface area contributed by atoms with Gasteiger partial charge in [0.05, 0.1) is 0 Å². The van der Waals surface area contributed by atoms with Crippen LogP contribution < -0.4 is 16.0 Å². The fraction of sp³-hybridized carbons (Fsp3) is 0.605. The number of esters is 1. The number of hydrogen-bond acceptors (Lipinski definition) is 8. The summed E-state index contributed by atoms with van der Waals surface area (Å²) < 4.78 is 5.70. The lowest BCUT2D eigenvalue weighted by molar-refractivity contribution is -0.158. The zero-order valence-corrected chi connectivity index (χ0v) is 31.0. The number of nitrogens with one attached hydrogen (secondary N) is 3. The fourth-order valence-corrected chi connectivity index (χ4v) is 6.90. The summed E-state index contributed by atoms with van der Waals surface area (Å²) in [6.07, 6.45) is 7.77. The summed E-state index contributed by atoms with van der Waals surface area (Å²) in [5.74, 6) is -3.93. The van der Waals surface area contributed by atoms with Gasteiger partial charge in [-0.05, 0) is 57.4 Å². The van der Waals surface area contributed by atoms with Crippen molar-refractivity contribution >= 4 is 41.4 Å². The van der Waals surface area contributed by atoms with Crippen LogP contribution in [-0.4, -0.2) is 119 Å². The molecule has 1 aromatic rings. The Morgan fingerprint density at radius 1 is 0.962 bits per heavy atom. The summed E-state index contributed by atoms with van der Waals surface area (Å²) >= 11 is 0. The number of allylic oxidation sites excluding steroid dienone is 2. The largest absolute Gasteiger partial charge is 0.461 e. The zero-order valence-electron chi connectivity index (χ0n) is 31.0. The highest BCUT2D eigenvalue weighted by Crippen LogP contribution is 2.26. The lowest BCUT2D eigenvalue weighted by Gasteiger charge is -2.34. The molecule has 52 heavy (non-hydrogen) atoms. The lowest BCUT2D eigenvalue weighted by Crippen LogP contribution is -2.60. The number of carbonyl (C=O) groups excluding carboxylic acids is 7. The molecule has 0 unspecified atom stereocenters. The number of amides is 6. The van der Waals surface area contributed by atoms with Crippen molar-refractivity contribution in [2.75, 3.05) is 26.7 Å². The van der Waals surface area contributed by atoms with E-state index in [9.17, 15) is 33.6 Å². The maximum atomic E-state index is 14.3. The molecule has 4 rings (SSSR count). The van der Waals surface area contributed by atoms with Crippen LogP contribution in [0.4, 0.5) is 0 Å². The number of likely N-dealkylation sites (N-methyl/N-ethyl adjacent to an activating group) is 1. The third-order valence-corrected chi connectivity index (χ3v) is 10.0. The van der Waals surface area contributed by atoms with Gasteiger partial charge in [0.25, 0.3) is 0 Å². The monoisotopic (exact) mass is 722 g/mol. The van der Waals surface area contributed by atoms with E-state index in [0.717, 1.165) is 18.4 Å². The molecule has 0 aliphatic carbocycles. The number of benzene rings is 1. The third-order valence-electron chi connectivity index (χ3n) is 10.0. The van der Waals surface area contributed by atoms with Crippen LogP contribution in [0.2, 0.25) is 0 Å². The molecule has 284 valence electrons. The van der Waals surface area contributed by atoms with E-state index in [0.29, 0.717) is 25.7 Å². The van der Waals surface area contributed by atoms with E-state index in [4.69, 9.17) is 4.74 Å². The van der Waals surface area contributed by atoms with Crippen molar-refractivity contribution in [3.05, 3.63) is 48.0 Å². The Balaban J connectivity index is 1.63. The fourth-order valence-electron chi connectivity index (χ4n) is 6.90. The second kappa shape index (κ2) is 18.7. The quantitative estimate of drug-likeness (QED) is 0.241. The molecule has 0 aromatic heterocycles. The summed E-state index contributed by atoms with van der Waals surface area (Å²) in [7, 11) is 1.47. The summed E-state index contributed by atoms with van der Waals surface area (Å²) in [5, 5.41) is 8.23. The maximum absolute atomic E-state index is 14.3. The van der Waals surface area contributed by atoms with Crippen LogP contribution in [0.5, 0.6) is 0 Å². The lowest BCUT2D eigenvalue weighted by atomic mass is 10.0. The van der Waals surface area contributed by atoms with Gasteiger partial charge in [0.15, 0.2) is 0 Å². The highest BCUT2D eigenvalue weighted by molar-refractivity contribution is 5.97. The van der Waals surface area contributed by atoms with Crippen molar-refractivity contribution in [2.45, 2.75) is 115 Å². The van der Waals surface area contributed by atoms with E-state index in [-0.39, 0.29) is 37.8 Å². The van der Waals surface area contributed by atoms with E-state index >= 15 is 0 Å². The first-order valence-electron chi connectivity index (χ1n) is 18.5. The summed E-state index contributed by atoms with van der Waals surface area (Å²) in [5.41, 5.74) is 0.780. The minimum Gasteiger partial charge on any atom is -0.461 e. The van der Waals surface area contributed by atoms with Gasteiger partial charge in [0.1, 0.15) is 42.9 Å². The molecule has 3 N–H and O–H groups in total. The second-order valence-electron chi connectivity index (χ2n) is 14.2. The predicted molar refractivity (Wildman–Crippen MR) is 192 cm³/mol. The predicted octanol–water partition coefficient (Wildman–Crippen LogP) is 1.47. The van der Waals surface area contributed by atoms with Gasteiger partial charge >= 0.3 is 5.97 Å². The Labute approximate surface area is 306 Å². The van der Waals surface area contributed by atoms with E-state index in [1.807, 2.05) is 49.4 Å². The Morgan fingerprint density at radius 2 is 1.67 bits per heavy atom. The van der Waals surface area contributed by atoms with Crippen LogP contribution in [0, 0.1) is 5.92 Å². The second-order valence-corrected chi connectivity index (χ2v) is 14.2. The van der Waals surface area contributed by atoms with Crippen molar-refractivity contribution in [2.24, 2.45) is 5.92 Å². The molecule has 3 heterocycles. The van der Waals surface area contributed by atoms with Crippen molar-refractivity contribution in [3.63, 3.8) is 0 Å². The standard InChI is InChI=1S/C38H54N6O8/c1-6-7-8-9-13-18-32(45)40-28(21-27-15-11-10-12-16-27)34(47)41-29-23-52-38(51)31-20-24(2)22-44(31)35(48)25(3)39-33(46)26(4)42(5)37(50)30-17-14-19-43(30)36(29)49/h8-12,15-16,24-26,28-31H,6-7,13-14,17-23H2,1-5H3,(H,39,46)(H,40,45)(H,41,47)/b9-8+/t24-,25+,26+,28+,29+,30+,31+/m1/s1. The first kappa shape index (κ1) is 40.0. The average Bonchev–Trinajstić information content (AvgIpc) is 3.78. The maximum Gasteiger partial charge on any atom is 0.328 e. The van der Waals surface area contributed by atoms with Crippen LogP contribution >= 0.6 is 0 Å². The normalized spacial score (nSPS) is 26.9. The van der Waals surface area contributed by atoms with Crippen molar-refractivity contribution in [1.29, 1.82) is 0 Å². The van der Waals surface area contributed by atoms with Gasteiger partial charge in [-0.25, -0.2) is 4.79 Å². The smallest absolute Gasteiger partial charge is 0.328 e. The number of carbonyl (C=O) groups is 7. The SMILES string of the molecule is CCC/C=C/CCC(=O)N[C@@H](Cc1ccccc1)C(=O)N[C@H]1COC(=O)[C@@H]2C[C@@H](C)CN2C(=O)[C@H](C)NC(=O)[C@H](C)N(C)C(=O)[C@@H]2CCCN2C1=O. The molecule has 0 bridgehead atoms. The van der Waals surface area contributed by atoms with E-state index in [1.165, 1.54) is 28.7 Å². The summed E-state index contributed by atoms with van der Waals surface area (Å²) in [6, 6.07) is 2.83.